The highest BCUT2D eigenvalue weighted by Crippen LogP contribution is 2.47. The molecule has 57 heavy (non-hydrogen) atoms. The number of nitriles is 1. The standard InChI is InChI=1S/C50H29F2N3O2/c1-56-44-19-8-4-13-35(44)37-16-10-15-36-33-11-2-6-17-40(33)54(49(36)37)42-23-29(28-53)24-43(47(42)30-25-31(51)27-32(52)26-30)55-41-18-7-3-12-34(41)38-21-22-46-48(50(38)55)39-14-5-9-20-45(39)57-46/h2-27H,1H3. The van der Waals surface area contributed by atoms with Crippen molar-refractivity contribution in [2.24, 2.45) is 0 Å². The predicted molar refractivity (Wildman–Crippen MR) is 224 cm³/mol. The number of benzene rings is 8. The van der Waals surface area contributed by atoms with E-state index in [4.69, 9.17) is 9.15 Å². The van der Waals surface area contributed by atoms with Gasteiger partial charge in [-0.2, -0.15) is 5.26 Å². The largest absolute Gasteiger partial charge is 0.496 e. The molecule has 3 aromatic heterocycles. The van der Waals surface area contributed by atoms with E-state index in [0.717, 1.165) is 77.2 Å². The lowest BCUT2D eigenvalue weighted by molar-refractivity contribution is 0.416. The van der Waals surface area contributed by atoms with Crippen molar-refractivity contribution >= 4 is 65.6 Å². The van der Waals surface area contributed by atoms with Crippen LogP contribution in [0.5, 0.6) is 5.75 Å². The highest BCUT2D eigenvalue weighted by molar-refractivity contribution is 6.25. The Morgan fingerprint density at radius 2 is 1.12 bits per heavy atom. The first-order valence-corrected chi connectivity index (χ1v) is 18.6. The van der Waals surface area contributed by atoms with Crippen LogP contribution < -0.4 is 4.74 Å². The molecule has 0 atom stereocenters. The van der Waals surface area contributed by atoms with Gasteiger partial charge in [-0.1, -0.05) is 91.0 Å². The average Bonchev–Trinajstić information content (AvgIpc) is 3.90. The van der Waals surface area contributed by atoms with Crippen LogP contribution in [-0.4, -0.2) is 16.2 Å². The van der Waals surface area contributed by atoms with Crippen LogP contribution in [-0.2, 0) is 0 Å². The molecule has 0 radical (unpaired) electrons. The van der Waals surface area contributed by atoms with Crippen LogP contribution in [0.25, 0.3) is 99.2 Å². The quantitative estimate of drug-likeness (QED) is 0.176. The topological polar surface area (TPSA) is 56.0 Å². The molecule has 270 valence electrons. The molecule has 0 saturated carbocycles. The molecule has 11 aromatic rings. The Kier molecular flexibility index (Phi) is 7.13. The van der Waals surface area contributed by atoms with Crippen molar-refractivity contribution in [1.29, 1.82) is 5.26 Å². The number of nitrogens with zero attached hydrogens (tertiary/aromatic N) is 3. The molecular weight excluding hydrogens is 713 g/mol. The molecule has 0 N–H and O–H groups in total. The highest BCUT2D eigenvalue weighted by atomic mass is 19.1. The summed E-state index contributed by atoms with van der Waals surface area (Å²) >= 11 is 0. The lowest BCUT2D eigenvalue weighted by Crippen LogP contribution is -2.06. The van der Waals surface area contributed by atoms with E-state index in [1.807, 2.05) is 109 Å². The Bertz CT molecular complexity index is 3490. The zero-order chi connectivity index (χ0) is 38.4. The maximum absolute atomic E-state index is 15.6. The molecule has 0 spiro atoms. The highest BCUT2D eigenvalue weighted by Gasteiger charge is 2.27. The molecule has 0 aliphatic rings. The van der Waals surface area contributed by atoms with Crippen LogP contribution in [0.2, 0.25) is 0 Å². The summed E-state index contributed by atoms with van der Waals surface area (Å²) in [6.45, 7) is 0. The third kappa shape index (κ3) is 4.77. The summed E-state index contributed by atoms with van der Waals surface area (Å²) in [5.41, 5.74) is 9.04. The first-order chi connectivity index (χ1) is 28.0. The van der Waals surface area contributed by atoms with Crippen LogP contribution in [0, 0.1) is 23.0 Å². The molecule has 0 fully saturated rings. The van der Waals surface area contributed by atoms with Gasteiger partial charge in [0.15, 0.2) is 0 Å². The van der Waals surface area contributed by atoms with Crippen molar-refractivity contribution in [1.82, 2.24) is 9.13 Å². The Morgan fingerprint density at radius 3 is 1.82 bits per heavy atom. The van der Waals surface area contributed by atoms with Gasteiger partial charge in [-0.15, -0.1) is 0 Å². The van der Waals surface area contributed by atoms with Gasteiger partial charge in [0.25, 0.3) is 0 Å². The van der Waals surface area contributed by atoms with Gasteiger partial charge in [0.05, 0.1) is 57.6 Å². The van der Waals surface area contributed by atoms with Gasteiger partial charge in [-0.05, 0) is 66.2 Å². The molecule has 0 saturated heterocycles. The number of ether oxygens (including phenoxy) is 1. The van der Waals surface area contributed by atoms with Gasteiger partial charge < -0.3 is 18.3 Å². The van der Waals surface area contributed by atoms with E-state index in [0.29, 0.717) is 39.4 Å². The second-order valence-electron chi connectivity index (χ2n) is 14.2. The summed E-state index contributed by atoms with van der Waals surface area (Å²) in [6.07, 6.45) is 0. The average molecular weight is 742 g/mol. The van der Waals surface area contributed by atoms with E-state index in [2.05, 4.69) is 45.5 Å². The fourth-order valence-corrected chi connectivity index (χ4v) is 8.89. The Balaban J connectivity index is 1.39. The summed E-state index contributed by atoms with van der Waals surface area (Å²) in [7, 11) is 1.65. The van der Waals surface area contributed by atoms with E-state index in [-0.39, 0.29) is 0 Å². The van der Waals surface area contributed by atoms with Gasteiger partial charge in [0, 0.05) is 49.7 Å². The smallest absolute Gasteiger partial charge is 0.137 e. The minimum atomic E-state index is -0.714. The molecule has 0 aliphatic heterocycles. The van der Waals surface area contributed by atoms with Crippen molar-refractivity contribution in [3.63, 3.8) is 0 Å². The number of hydrogen-bond acceptors (Lipinski definition) is 3. The Morgan fingerprint density at radius 1 is 0.544 bits per heavy atom. The second kappa shape index (κ2) is 12.4. The molecular formula is C50H29F2N3O2. The molecule has 5 nitrogen and oxygen atoms in total. The van der Waals surface area contributed by atoms with E-state index in [9.17, 15) is 5.26 Å². The first-order valence-electron chi connectivity index (χ1n) is 18.6. The number of hydrogen-bond donors (Lipinski definition) is 0. The van der Waals surface area contributed by atoms with Crippen molar-refractivity contribution < 1.29 is 17.9 Å². The molecule has 0 unspecified atom stereocenters. The van der Waals surface area contributed by atoms with Crippen LogP contribution in [0.1, 0.15) is 5.56 Å². The number of furan rings is 1. The molecule has 0 bridgehead atoms. The van der Waals surface area contributed by atoms with Crippen molar-refractivity contribution in [3.8, 4) is 45.4 Å². The normalized spacial score (nSPS) is 11.8. The molecule has 0 aliphatic carbocycles. The predicted octanol–water partition coefficient (Wildman–Crippen LogP) is 13.3. The molecule has 3 heterocycles. The zero-order valence-electron chi connectivity index (χ0n) is 30.4. The van der Waals surface area contributed by atoms with E-state index in [1.165, 1.54) is 12.1 Å². The first kappa shape index (κ1) is 32.7. The van der Waals surface area contributed by atoms with Gasteiger partial charge in [0.1, 0.15) is 28.5 Å². The van der Waals surface area contributed by atoms with Gasteiger partial charge in [0.2, 0.25) is 0 Å². The third-order valence-corrected chi connectivity index (χ3v) is 11.1. The third-order valence-electron chi connectivity index (χ3n) is 11.1. The van der Waals surface area contributed by atoms with E-state index < -0.39 is 11.6 Å². The van der Waals surface area contributed by atoms with Crippen molar-refractivity contribution in [2.45, 2.75) is 0 Å². The maximum atomic E-state index is 15.6. The number of fused-ring (bicyclic) bond motifs is 10. The fourth-order valence-electron chi connectivity index (χ4n) is 8.89. The SMILES string of the molecule is COc1ccccc1-c1cccc2c3ccccc3n(-c3cc(C#N)cc(-n4c5ccccc5c5ccc6oc7ccccc7c6c54)c3-c3cc(F)cc(F)c3)c12. The summed E-state index contributed by atoms with van der Waals surface area (Å²) in [5.74, 6) is -0.732. The van der Waals surface area contributed by atoms with Gasteiger partial charge in [-0.25, -0.2) is 8.78 Å². The van der Waals surface area contributed by atoms with Crippen LogP contribution in [0.3, 0.4) is 0 Å². The van der Waals surface area contributed by atoms with Crippen LogP contribution in [0.15, 0.2) is 162 Å². The number of aromatic nitrogens is 2. The van der Waals surface area contributed by atoms with Crippen LogP contribution in [0.4, 0.5) is 8.78 Å². The van der Waals surface area contributed by atoms with Gasteiger partial charge in [-0.3, -0.25) is 0 Å². The fraction of sp³-hybridized carbons (Fsp3) is 0.0200. The monoisotopic (exact) mass is 741 g/mol. The van der Waals surface area contributed by atoms with Crippen molar-refractivity contribution in [2.75, 3.05) is 7.11 Å². The lowest BCUT2D eigenvalue weighted by Gasteiger charge is -2.22. The van der Waals surface area contributed by atoms with E-state index >= 15 is 8.78 Å². The number of halogens is 2. The summed E-state index contributed by atoms with van der Waals surface area (Å²) in [4.78, 5) is 0. The second-order valence-corrected chi connectivity index (χ2v) is 14.2. The van der Waals surface area contributed by atoms with Crippen molar-refractivity contribution in [3.05, 3.63) is 175 Å². The molecule has 7 heteroatoms. The molecule has 0 amide bonds. The van der Waals surface area contributed by atoms with Crippen LogP contribution >= 0.6 is 0 Å². The minimum absolute atomic E-state index is 0.317. The maximum Gasteiger partial charge on any atom is 0.137 e. The lowest BCUT2D eigenvalue weighted by atomic mass is 9.97. The summed E-state index contributed by atoms with van der Waals surface area (Å²) in [5, 5.41) is 16.6. The minimum Gasteiger partial charge on any atom is -0.496 e. The number of methoxy groups -OCH3 is 1. The zero-order valence-corrected chi connectivity index (χ0v) is 30.4. The van der Waals surface area contributed by atoms with E-state index in [1.54, 1.807) is 7.11 Å². The Labute approximate surface area is 324 Å². The number of rotatable bonds is 5. The van der Waals surface area contributed by atoms with Gasteiger partial charge >= 0.3 is 0 Å². The Hall–Kier alpha value is -7.69. The molecule has 11 rings (SSSR count). The molecule has 8 aromatic carbocycles. The summed E-state index contributed by atoms with van der Waals surface area (Å²) < 4.78 is 47.8. The number of para-hydroxylation sites is 5. The summed E-state index contributed by atoms with van der Waals surface area (Å²) in [6, 6.07) is 51.9.